The minimum Gasteiger partial charge on any atom is -0.378 e. The van der Waals surface area contributed by atoms with Crippen molar-refractivity contribution in [2.45, 2.75) is 51.2 Å². The highest BCUT2D eigenvalue weighted by Crippen LogP contribution is 2.20. The standard InChI is InChI=1S/C13H24N2O2/c1-10-5-6-15(9-12(10)14)13(16)8-11-4-2-3-7-17-11/h10-12H,2-9,14H2,1H3. The second-order valence-corrected chi connectivity index (χ2v) is 5.46. The fraction of sp³-hybridized carbons (Fsp3) is 0.923. The molecule has 2 saturated heterocycles. The summed E-state index contributed by atoms with van der Waals surface area (Å²) in [5.41, 5.74) is 6.01. The van der Waals surface area contributed by atoms with Crippen LogP contribution < -0.4 is 5.73 Å². The van der Waals surface area contributed by atoms with Crippen LogP contribution in [0.25, 0.3) is 0 Å². The van der Waals surface area contributed by atoms with Crippen molar-refractivity contribution in [3.8, 4) is 0 Å². The van der Waals surface area contributed by atoms with E-state index in [-0.39, 0.29) is 18.1 Å². The maximum absolute atomic E-state index is 12.1. The van der Waals surface area contributed by atoms with Crippen LogP contribution in [0.1, 0.15) is 39.0 Å². The monoisotopic (exact) mass is 240 g/mol. The second-order valence-electron chi connectivity index (χ2n) is 5.46. The Morgan fingerprint density at radius 1 is 1.41 bits per heavy atom. The second kappa shape index (κ2) is 5.83. The van der Waals surface area contributed by atoms with E-state index in [2.05, 4.69) is 6.92 Å². The summed E-state index contributed by atoms with van der Waals surface area (Å²) in [5.74, 6) is 0.754. The number of nitrogens with zero attached hydrogens (tertiary/aromatic N) is 1. The molecule has 0 bridgehead atoms. The Morgan fingerprint density at radius 3 is 2.88 bits per heavy atom. The molecule has 0 saturated carbocycles. The number of hydrogen-bond donors (Lipinski definition) is 1. The minimum atomic E-state index is 0.139. The molecular formula is C13H24N2O2. The number of piperidine rings is 1. The molecule has 17 heavy (non-hydrogen) atoms. The first-order valence-electron chi connectivity index (χ1n) is 6.82. The van der Waals surface area contributed by atoms with Gasteiger partial charge in [-0.1, -0.05) is 6.92 Å². The van der Waals surface area contributed by atoms with Gasteiger partial charge in [-0.15, -0.1) is 0 Å². The smallest absolute Gasteiger partial charge is 0.225 e. The molecular weight excluding hydrogens is 216 g/mol. The van der Waals surface area contributed by atoms with E-state index in [1.807, 2.05) is 4.90 Å². The van der Waals surface area contributed by atoms with E-state index in [9.17, 15) is 4.79 Å². The first-order chi connectivity index (χ1) is 8.16. The van der Waals surface area contributed by atoms with Gasteiger partial charge in [-0.05, 0) is 31.6 Å². The topological polar surface area (TPSA) is 55.6 Å². The zero-order valence-electron chi connectivity index (χ0n) is 10.7. The van der Waals surface area contributed by atoms with Gasteiger partial charge in [-0.25, -0.2) is 0 Å². The number of carbonyl (C=O) groups is 1. The number of likely N-dealkylation sites (tertiary alicyclic amines) is 1. The Kier molecular flexibility index (Phi) is 4.40. The molecule has 0 aromatic carbocycles. The van der Waals surface area contributed by atoms with Crippen molar-refractivity contribution < 1.29 is 9.53 Å². The van der Waals surface area contributed by atoms with Crippen molar-refractivity contribution in [2.24, 2.45) is 11.7 Å². The van der Waals surface area contributed by atoms with E-state index in [0.717, 1.165) is 32.4 Å². The van der Waals surface area contributed by atoms with Gasteiger partial charge in [0.2, 0.25) is 5.91 Å². The molecule has 2 fully saturated rings. The average Bonchev–Trinajstić information content (AvgIpc) is 2.34. The predicted molar refractivity (Wildman–Crippen MR) is 66.5 cm³/mol. The van der Waals surface area contributed by atoms with E-state index in [1.165, 1.54) is 6.42 Å². The summed E-state index contributed by atoms with van der Waals surface area (Å²) in [4.78, 5) is 14.0. The molecule has 2 N–H and O–H groups in total. The van der Waals surface area contributed by atoms with Gasteiger partial charge < -0.3 is 15.4 Å². The number of amides is 1. The lowest BCUT2D eigenvalue weighted by molar-refractivity contribution is -0.136. The molecule has 4 heteroatoms. The van der Waals surface area contributed by atoms with Crippen LogP contribution in [0.5, 0.6) is 0 Å². The van der Waals surface area contributed by atoms with Crippen LogP contribution in [-0.4, -0.2) is 42.6 Å². The molecule has 2 rings (SSSR count). The summed E-state index contributed by atoms with van der Waals surface area (Å²) in [6.07, 6.45) is 5.07. The van der Waals surface area contributed by atoms with E-state index in [4.69, 9.17) is 10.5 Å². The van der Waals surface area contributed by atoms with Crippen molar-refractivity contribution in [2.75, 3.05) is 19.7 Å². The summed E-state index contributed by atoms with van der Waals surface area (Å²) in [5, 5.41) is 0. The Hall–Kier alpha value is -0.610. The first-order valence-corrected chi connectivity index (χ1v) is 6.82. The van der Waals surface area contributed by atoms with Gasteiger partial charge in [0.05, 0.1) is 12.5 Å². The van der Waals surface area contributed by atoms with Gasteiger partial charge in [-0.3, -0.25) is 4.79 Å². The van der Waals surface area contributed by atoms with Crippen molar-refractivity contribution in [1.29, 1.82) is 0 Å². The average molecular weight is 240 g/mol. The zero-order chi connectivity index (χ0) is 12.3. The van der Waals surface area contributed by atoms with Gasteiger partial charge in [0, 0.05) is 25.7 Å². The van der Waals surface area contributed by atoms with Crippen LogP contribution in [0.4, 0.5) is 0 Å². The molecule has 1 amide bonds. The summed E-state index contributed by atoms with van der Waals surface area (Å²) in [7, 11) is 0. The molecule has 2 aliphatic heterocycles. The molecule has 0 radical (unpaired) electrons. The van der Waals surface area contributed by atoms with Crippen molar-refractivity contribution in [1.82, 2.24) is 4.90 Å². The molecule has 0 spiro atoms. The third-order valence-corrected chi connectivity index (χ3v) is 4.05. The van der Waals surface area contributed by atoms with Crippen LogP contribution in [0.15, 0.2) is 0 Å². The van der Waals surface area contributed by atoms with Crippen molar-refractivity contribution in [3.63, 3.8) is 0 Å². The van der Waals surface area contributed by atoms with Crippen LogP contribution >= 0.6 is 0 Å². The maximum atomic E-state index is 12.1. The Morgan fingerprint density at radius 2 is 2.24 bits per heavy atom. The van der Waals surface area contributed by atoms with Gasteiger partial charge in [0.25, 0.3) is 0 Å². The number of carbonyl (C=O) groups excluding carboxylic acids is 1. The van der Waals surface area contributed by atoms with E-state index >= 15 is 0 Å². The zero-order valence-corrected chi connectivity index (χ0v) is 10.7. The van der Waals surface area contributed by atoms with Gasteiger partial charge in [-0.2, -0.15) is 0 Å². The normalized spacial score (nSPS) is 34.7. The molecule has 2 heterocycles. The summed E-state index contributed by atoms with van der Waals surface area (Å²) >= 11 is 0. The van der Waals surface area contributed by atoms with E-state index in [0.29, 0.717) is 18.9 Å². The fourth-order valence-corrected chi connectivity index (χ4v) is 2.62. The van der Waals surface area contributed by atoms with Crippen molar-refractivity contribution >= 4 is 5.91 Å². The fourth-order valence-electron chi connectivity index (χ4n) is 2.62. The first kappa shape index (κ1) is 12.8. The summed E-state index contributed by atoms with van der Waals surface area (Å²) < 4.78 is 5.61. The third kappa shape index (κ3) is 3.42. The molecule has 3 atom stereocenters. The van der Waals surface area contributed by atoms with Crippen molar-refractivity contribution in [3.05, 3.63) is 0 Å². The molecule has 3 unspecified atom stereocenters. The van der Waals surface area contributed by atoms with Crippen LogP contribution in [0, 0.1) is 5.92 Å². The summed E-state index contributed by atoms with van der Waals surface area (Å²) in [6, 6.07) is 0.139. The highest BCUT2D eigenvalue weighted by molar-refractivity contribution is 5.76. The highest BCUT2D eigenvalue weighted by Gasteiger charge is 2.28. The molecule has 2 aliphatic rings. The van der Waals surface area contributed by atoms with Crippen LogP contribution in [0.3, 0.4) is 0 Å². The number of ether oxygens (including phenoxy) is 1. The predicted octanol–water partition coefficient (Wildman–Crippen LogP) is 1.14. The maximum Gasteiger partial charge on any atom is 0.225 e. The number of nitrogens with two attached hydrogens (primary N) is 1. The Bertz CT molecular complexity index is 264. The summed E-state index contributed by atoms with van der Waals surface area (Å²) in [6.45, 7) is 4.55. The van der Waals surface area contributed by atoms with Crippen LogP contribution in [0.2, 0.25) is 0 Å². The van der Waals surface area contributed by atoms with Gasteiger partial charge in [0.15, 0.2) is 0 Å². The molecule has 98 valence electrons. The minimum absolute atomic E-state index is 0.139. The van der Waals surface area contributed by atoms with E-state index in [1.54, 1.807) is 0 Å². The van der Waals surface area contributed by atoms with Gasteiger partial charge in [0.1, 0.15) is 0 Å². The largest absolute Gasteiger partial charge is 0.378 e. The Balaban J connectivity index is 1.79. The lowest BCUT2D eigenvalue weighted by atomic mass is 9.94. The lowest BCUT2D eigenvalue weighted by Gasteiger charge is -2.36. The number of rotatable bonds is 2. The molecule has 0 aromatic rings. The lowest BCUT2D eigenvalue weighted by Crippen LogP contribution is -2.50. The molecule has 0 aromatic heterocycles. The van der Waals surface area contributed by atoms with Gasteiger partial charge >= 0.3 is 0 Å². The number of hydrogen-bond acceptors (Lipinski definition) is 3. The Labute approximate surface area is 103 Å². The SMILES string of the molecule is CC1CCN(C(=O)CC2CCCCO2)CC1N. The highest BCUT2D eigenvalue weighted by atomic mass is 16.5. The molecule has 0 aliphatic carbocycles. The quantitative estimate of drug-likeness (QED) is 0.787. The third-order valence-electron chi connectivity index (χ3n) is 4.05. The van der Waals surface area contributed by atoms with E-state index < -0.39 is 0 Å². The molecule has 4 nitrogen and oxygen atoms in total. The van der Waals surface area contributed by atoms with Crippen LogP contribution in [-0.2, 0) is 9.53 Å².